The lowest BCUT2D eigenvalue weighted by Crippen LogP contribution is -2.39. The number of rotatable bonds is 15. The maximum atomic E-state index is 13.6. The minimum atomic E-state index is -1.19. The van der Waals surface area contributed by atoms with Crippen LogP contribution in [0.4, 0.5) is 4.79 Å². The molecule has 5 aromatic rings. The first-order valence-corrected chi connectivity index (χ1v) is 16.5. The zero-order valence-electron chi connectivity index (χ0n) is 27.8. The van der Waals surface area contributed by atoms with Gasteiger partial charge in [0.1, 0.15) is 5.69 Å². The van der Waals surface area contributed by atoms with Crippen molar-refractivity contribution in [3.8, 4) is 22.6 Å². The van der Waals surface area contributed by atoms with E-state index in [0.717, 1.165) is 40.1 Å². The predicted octanol–water partition coefficient (Wildman–Crippen LogP) is 5.57. The molecule has 3 heterocycles. The number of pyridine rings is 1. The van der Waals surface area contributed by atoms with E-state index in [4.69, 9.17) is 30.8 Å². The van der Waals surface area contributed by atoms with Gasteiger partial charge in [0.25, 0.3) is 5.91 Å². The molecule has 260 valence electrons. The Kier molecular flexibility index (Phi) is 12.2. The minimum absolute atomic E-state index is 0.114. The van der Waals surface area contributed by atoms with Gasteiger partial charge < -0.3 is 19.5 Å². The average molecular weight is 701 g/mol. The number of benzene rings is 2. The predicted molar refractivity (Wildman–Crippen MR) is 183 cm³/mol. The Bertz CT molecular complexity index is 1900. The number of aromatic nitrogens is 7. The fourth-order valence-electron chi connectivity index (χ4n) is 5.31. The molecule has 0 saturated carbocycles. The summed E-state index contributed by atoms with van der Waals surface area (Å²) in [7, 11) is 0. The first-order chi connectivity index (χ1) is 24.2. The third-order valence-corrected chi connectivity index (χ3v) is 7.93. The zero-order chi connectivity index (χ0) is 35.5. The lowest BCUT2D eigenvalue weighted by atomic mass is 10.0. The lowest BCUT2D eigenvalue weighted by molar-refractivity contribution is -0.168. The van der Waals surface area contributed by atoms with Gasteiger partial charge in [0.15, 0.2) is 5.82 Å². The maximum absolute atomic E-state index is 13.6. The monoisotopic (exact) mass is 700 g/mol. The molecule has 1 amide bonds. The quantitative estimate of drug-likeness (QED) is 0.103. The lowest BCUT2D eigenvalue weighted by Gasteiger charge is -2.20. The molecule has 2 unspecified atom stereocenters. The number of H-pyrrole nitrogens is 1. The molecule has 0 aliphatic heterocycles. The molecular formula is C35H37ClN8O6. The molecule has 15 heteroatoms. The number of carbonyl (C=O) groups excluding carboxylic acids is 3. The summed E-state index contributed by atoms with van der Waals surface area (Å²) in [4.78, 5) is 42.8. The van der Waals surface area contributed by atoms with Gasteiger partial charge >= 0.3 is 12.1 Å². The maximum Gasteiger partial charge on any atom is 0.511 e. The van der Waals surface area contributed by atoms with E-state index in [1.807, 2.05) is 55.5 Å². The summed E-state index contributed by atoms with van der Waals surface area (Å²) in [6, 6.07) is 19.8. The van der Waals surface area contributed by atoms with Crippen LogP contribution < -0.4 is 5.32 Å². The van der Waals surface area contributed by atoms with Crippen molar-refractivity contribution in [2.45, 2.75) is 65.3 Å². The molecule has 5 rings (SSSR count). The van der Waals surface area contributed by atoms with E-state index in [0.29, 0.717) is 23.8 Å². The third kappa shape index (κ3) is 9.50. The van der Waals surface area contributed by atoms with Gasteiger partial charge in [0.05, 0.1) is 25.3 Å². The molecule has 0 saturated heterocycles. The number of nitrogens with one attached hydrogen (secondary N) is 2. The van der Waals surface area contributed by atoms with Gasteiger partial charge in [-0.05, 0) is 59.5 Å². The van der Waals surface area contributed by atoms with Gasteiger partial charge in [-0.15, -0.1) is 5.10 Å². The Morgan fingerprint density at radius 1 is 1.00 bits per heavy atom. The van der Waals surface area contributed by atoms with Crippen LogP contribution >= 0.6 is 11.6 Å². The molecule has 0 aliphatic rings. The van der Waals surface area contributed by atoms with E-state index in [1.54, 1.807) is 36.0 Å². The second-order valence-electron chi connectivity index (χ2n) is 11.3. The molecule has 14 nitrogen and oxygen atoms in total. The molecule has 0 radical (unpaired) electrons. The van der Waals surface area contributed by atoms with Crippen LogP contribution in [0.15, 0.2) is 72.9 Å². The Morgan fingerprint density at radius 2 is 1.78 bits per heavy atom. The number of nitrogens with zero attached hydrogens (tertiary/aromatic N) is 6. The average Bonchev–Trinajstić information content (AvgIpc) is 3.77. The molecule has 2 N–H and O–H groups in total. The fourth-order valence-corrected chi connectivity index (χ4v) is 5.52. The summed E-state index contributed by atoms with van der Waals surface area (Å²) in [6.45, 7) is 5.58. The van der Waals surface area contributed by atoms with Crippen LogP contribution in [-0.4, -0.2) is 72.4 Å². The third-order valence-electron chi connectivity index (χ3n) is 7.56. The summed E-state index contributed by atoms with van der Waals surface area (Å²) >= 11 is 6.41. The molecule has 50 heavy (non-hydrogen) atoms. The minimum Gasteiger partial charge on any atom is -0.435 e. The van der Waals surface area contributed by atoms with Crippen molar-refractivity contribution < 1.29 is 28.6 Å². The van der Waals surface area contributed by atoms with Gasteiger partial charge in [0.2, 0.25) is 6.29 Å². The van der Waals surface area contributed by atoms with Crippen LogP contribution in [0.5, 0.6) is 0 Å². The van der Waals surface area contributed by atoms with E-state index in [-0.39, 0.29) is 25.1 Å². The van der Waals surface area contributed by atoms with Crippen LogP contribution in [0.1, 0.15) is 60.9 Å². The van der Waals surface area contributed by atoms with Gasteiger partial charge in [0, 0.05) is 41.0 Å². The number of aryl methyl sites for hydroxylation is 1. The molecule has 0 aliphatic carbocycles. The van der Waals surface area contributed by atoms with Gasteiger partial charge in [-0.1, -0.05) is 73.5 Å². The smallest absolute Gasteiger partial charge is 0.435 e. The molecule has 3 aromatic heterocycles. The molecule has 0 spiro atoms. The van der Waals surface area contributed by atoms with Gasteiger partial charge in [-0.2, -0.15) is 5.10 Å². The Hall–Kier alpha value is -5.63. The van der Waals surface area contributed by atoms with Crippen molar-refractivity contribution in [1.82, 2.24) is 40.7 Å². The number of halogens is 1. The number of amides is 1. The highest BCUT2D eigenvalue weighted by Crippen LogP contribution is 2.28. The highest BCUT2D eigenvalue weighted by Gasteiger charge is 2.24. The Balaban J connectivity index is 1.31. The van der Waals surface area contributed by atoms with Crippen molar-refractivity contribution >= 4 is 29.6 Å². The fraction of sp³-hybridized carbons (Fsp3) is 0.314. The van der Waals surface area contributed by atoms with Crippen molar-refractivity contribution in [2.75, 3.05) is 6.61 Å². The highest BCUT2D eigenvalue weighted by atomic mass is 35.5. The van der Waals surface area contributed by atoms with E-state index in [1.165, 1.54) is 6.92 Å². The van der Waals surface area contributed by atoms with Crippen LogP contribution in [0.3, 0.4) is 0 Å². The Labute approximate surface area is 293 Å². The second kappa shape index (κ2) is 17.2. The SMILES string of the molecule is CCCc1cc(C(=O)NC(CC(=O)OC(C)OC(=O)OCC)Cc2ccccc2Cl)nn1Cc1ccc(-c2ccccc2-c2nnn[nH]2)nc1. The summed E-state index contributed by atoms with van der Waals surface area (Å²) in [6.07, 6.45) is 1.19. The van der Waals surface area contributed by atoms with Crippen molar-refractivity contribution in [2.24, 2.45) is 0 Å². The second-order valence-corrected chi connectivity index (χ2v) is 11.7. The molecule has 2 atom stereocenters. The largest absolute Gasteiger partial charge is 0.511 e. The molecule has 2 aromatic carbocycles. The van der Waals surface area contributed by atoms with Crippen molar-refractivity contribution in [3.05, 3.63) is 100 Å². The first-order valence-electron chi connectivity index (χ1n) is 16.2. The van der Waals surface area contributed by atoms with Crippen LogP contribution in [0.25, 0.3) is 22.6 Å². The topological polar surface area (TPSA) is 176 Å². The standard InChI is InChI=1S/C35H37ClN8O6/c1-4-10-26-19-31(41-44(26)21-23-15-16-30(37-20-23)27-12-7-8-13-28(27)33-39-42-43-40-33)34(46)38-25(17-24-11-6-9-14-29(24)36)18-32(45)49-22(3)50-35(47)48-5-2/h6-9,11-16,19-20,22,25H,4-5,10,17-18,21H2,1-3H3,(H,38,46)(H,39,40,42,43). The zero-order valence-corrected chi connectivity index (χ0v) is 28.6. The number of ether oxygens (including phenoxy) is 3. The van der Waals surface area contributed by atoms with E-state index >= 15 is 0 Å². The van der Waals surface area contributed by atoms with Gasteiger partial charge in [-0.3, -0.25) is 19.3 Å². The highest BCUT2D eigenvalue weighted by molar-refractivity contribution is 6.31. The summed E-state index contributed by atoms with van der Waals surface area (Å²) in [5.74, 6) is -0.609. The van der Waals surface area contributed by atoms with Crippen LogP contribution in [-0.2, 0) is 38.4 Å². The van der Waals surface area contributed by atoms with E-state index < -0.39 is 30.4 Å². The molecular weight excluding hydrogens is 664 g/mol. The van der Waals surface area contributed by atoms with Crippen molar-refractivity contribution in [3.63, 3.8) is 0 Å². The molecule has 0 bridgehead atoms. The number of esters is 1. The number of tetrazole rings is 1. The normalized spacial score (nSPS) is 12.2. The summed E-state index contributed by atoms with van der Waals surface area (Å²) < 4.78 is 16.7. The first kappa shape index (κ1) is 35.7. The summed E-state index contributed by atoms with van der Waals surface area (Å²) in [5, 5.41) is 22.3. The molecule has 0 fully saturated rings. The van der Waals surface area contributed by atoms with E-state index in [9.17, 15) is 14.4 Å². The van der Waals surface area contributed by atoms with Crippen LogP contribution in [0, 0.1) is 0 Å². The summed E-state index contributed by atoms with van der Waals surface area (Å²) in [5.41, 5.74) is 5.14. The van der Waals surface area contributed by atoms with Gasteiger partial charge in [-0.25, -0.2) is 9.89 Å². The van der Waals surface area contributed by atoms with E-state index in [2.05, 4.69) is 31.0 Å². The Morgan fingerprint density at radius 3 is 2.48 bits per heavy atom. The number of hydrogen-bond donors (Lipinski definition) is 2. The number of carbonyl (C=O) groups is 3. The number of hydrogen-bond acceptors (Lipinski definition) is 11. The van der Waals surface area contributed by atoms with Crippen LogP contribution in [0.2, 0.25) is 5.02 Å². The number of aromatic amines is 1. The van der Waals surface area contributed by atoms with Crippen molar-refractivity contribution in [1.29, 1.82) is 0 Å².